The highest BCUT2D eigenvalue weighted by molar-refractivity contribution is 7.86. The van der Waals surface area contributed by atoms with Crippen LogP contribution in [0.4, 0.5) is 5.69 Å². The van der Waals surface area contributed by atoms with Crippen molar-refractivity contribution in [3.05, 3.63) is 54.1 Å². The molecule has 2 aliphatic heterocycles. The summed E-state index contributed by atoms with van der Waals surface area (Å²) in [5, 5.41) is -0.0692. The van der Waals surface area contributed by atoms with Crippen LogP contribution in [0, 0.1) is 6.92 Å². The van der Waals surface area contributed by atoms with Crippen molar-refractivity contribution in [3.63, 3.8) is 0 Å². The third kappa shape index (κ3) is 3.09. The van der Waals surface area contributed by atoms with Crippen molar-refractivity contribution in [1.29, 1.82) is 0 Å². The summed E-state index contributed by atoms with van der Waals surface area (Å²) >= 11 is 0. The van der Waals surface area contributed by atoms with Crippen LogP contribution in [0.5, 0.6) is 5.75 Å². The molecular weight excluding hydrogens is 386 g/mol. The fourth-order valence-electron chi connectivity index (χ4n) is 4.97. The van der Waals surface area contributed by atoms with Gasteiger partial charge in [0.15, 0.2) is 5.79 Å². The summed E-state index contributed by atoms with van der Waals surface area (Å²) in [4.78, 5) is 3.20. The van der Waals surface area contributed by atoms with Gasteiger partial charge in [-0.25, -0.2) is 0 Å². The highest BCUT2D eigenvalue weighted by Gasteiger charge is 2.68. The van der Waals surface area contributed by atoms with Crippen LogP contribution in [-0.2, 0) is 20.3 Å². The lowest BCUT2D eigenvalue weighted by molar-refractivity contribution is -0.179. The van der Waals surface area contributed by atoms with E-state index >= 15 is 0 Å². The molecule has 1 aliphatic carbocycles. The molecule has 29 heavy (non-hydrogen) atoms. The molecule has 2 aromatic carbocycles. The first-order valence-corrected chi connectivity index (χ1v) is 11.5. The van der Waals surface area contributed by atoms with Gasteiger partial charge in [-0.2, -0.15) is 0 Å². The monoisotopic (exact) mass is 413 g/mol. The van der Waals surface area contributed by atoms with E-state index in [0.717, 1.165) is 42.0 Å². The molecule has 154 valence electrons. The zero-order valence-electron chi connectivity index (χ0n) is 16.9. The van der Waals surface area contributed by atoms with Crippen molar-refractivity contribution in [2.24, 2.45) is 0 Å². The molecule has 6 heteroatoms. The molecule has 5 nitrogen and oxygen atoms in total. The predicted octanol–water partition coefficient (Wildman–Crippen LogP) is 4.01. The van der Waals surface area contributed by atoms with E-state index in [1.165, 1.54) is 5.56 Å². The number of hydrogen-bond acceptors (Lipinski definition) is 5. The summed E-state index contributed by atoms with van der Waals surface area (Å²) < 4.78 is 31.2. The first-order valence-electron chi connectivity index (χ1n) is 10.3. The van der Waals surface area contributed by atoms with Crippen LogP contribution in [-0.4, -0.2) is 41.2 Å². The van der Waals surface area contributed by atoms with Crippen molar-refractivity contribution in [2.45, 2.75) is 54.2 Å². The smallest absolute Gasteiger partial charge is 0.168 e. The number of ether oxygens (including phenoxy) is 3. The maximum Gasteiger partial charge on any atom is 0.168 e. The molecule has 3 fully saturated rings. The second-order valence-electron chi connectivity index (χ2n) is 8.22. The Morgan fingerprint density at radius 1 is 1.00 bits per heavy atom. The van der Waals surface area contributed by atoms with Crippen LogP contribution < -0.4 is 9.64 Å². The zero-order valence-corrected chi connectivity index (χ0v) is 17.7. The van der Waals surface area contributed by atoms with Crippen molar-refractivity contribution in [2.75, 3.05) is 25.2 Å². The summed E-state index contributed by atoms with van der Waals surface area (Å²) in [5.41, 5.74) is 2.04. The summed E-state index contributed by atoms with van der Waals surface area (Å²) in [7, 11) is 0.557. The van der Waals surface area contributed by atoms with E-state index in [1.54, 1.807) is 7.11 Å². The normalized spacial score (nSPS) is 25.3. The van der Waals surface area contributed by atoms with E-state index in [2.05, 4.69) is 17.9 Å². The minimum Gasteiger partial charge on any atom is -0.495 e. The lowest BCUT2D eigenvalue weighted by Crippen LogP contribution is -2.40. The van der Waals surface area contributed by atoms with Crippen molar-refractivity contribution in [1.82, 2.24) is 0 Å². The van der Waals surface area contributed by atoms with E-state index in [4.69, 9.17) is 14.2 Å². The number of nitrogens with zero attached hydrogens (tertiary/aromatic N) is 1. The molecule has 3 aliphatic rings. The van der Waals surface area contributed by atoms with Gasteiger partial charge >= 0.3 is 0 Å². The van der Waals surface area contributed by atoms with Gasteiger partial charge in [0.1, 0.15) is 11.1 Å². The fourth-order valence-corrected chi connectivity index (χ4v) is 6.84. The maximum atomic E-state index is 13.7. The number of hydrogen-bond donors (Lipinski definition) is 0. The van der Waals surface area contributed by atoms with Crippen LogP contribution in [0.25, 0.3) is 0 Å². The molecule has 5 rings (SSSR count). The summed E-state index contributed by atoms with van der Waals surface area (Å²) in [6, 6.07) is 16.1. The van der Waals surface area contributed by atoms with Crippen LogP contribution in [0.1, 0.15) is 31.2 Å². The minimum atomic E-state index is -1.13. The SMILES string of the molecule is COc1ccccc1N1C(S(=O)c2ccc(C)cc2)C12CCC1(CC2)OCCO1. The molecule has 1 saturated carbocycles. The third-order valence-corrected chi connectivity index (χ3v) is 8.39. The Morgan fingerprint density at radius 2 is 1.66 bits per heavy atom. The van der Waals surface area contributed by atoms with E-state index < -0.39 is 16.6 Å². The molecule has 2 saturated heterocycles. The van der Waals surface area contributed by atoms with Crippen molar-refractivity contribution < 1.29 is 18.4 Å². The molecule has 0 bridgehead atoms. The fraction of sp³-hybridized carbons (Fsp3) is 0.478. The van der Waals surface area contributed by atoms with Crippen LogP contribution in [0.2, 0.25) is 0 Å². The average molecular weight is 414 g/mol. The molecule has 2 heterocycles. The van der Waals surface area contributed by atoms with Crippen molar-refractivity contribution in [3.8, 4) is 5.75 Å². The Hall–Kier alpha value is -1.89. The topological polar surface area (TPSA) is 47.8 Å². The number of rotatable bonds is 4. The highest BCUT2D eigenvalue weighted by Crippen LogP contribution is 2.59. The number of anilines is 1. The van der Waals surface area contributed by atoms with Crippen LogP contribution >= 0.6 is 0 Å². The highest BCUT2D eigenvalue weighted by atomic mass is 32.2. The Bertz CT molecular complexity index is 913. The maximum absolute atomic E-state index is 13.7. The summed E-state index contributed by atoms with van der Waals surface area (Å²) in [5.74, 6) is 0.389. The van der Waals surface area contributed by atoms with E-state index in [0.29, 0.717) is 13.2 Å². The third-order valence-electron chi connectivity index (χ3n) is 6.60. The zero-order chi connectivity index (χ0) is 20.1. The second-order valence-corrected chi connectivity index (χ2v) is 9.73. The molecule has 0 amide bonds. The Labute approximate surface area is 174 Å². The van der Waals surface area contributed by atoms with Gasteiger partial charge in [-0.05, 0) is 44.0 Å². The molecular formula is C23H27NO4S. The number of para-hydroxylation sites is 2. The molecule has 2 spiro atoms. The van der Waals surface area contributed by atoms with Gasteiger partial charge < -0.3 is 19.1 Å². The van der Waals surface area contributed by atoms with Gasteiger partial charge in [0.05, 0.1) is 42.3 Å². The standard InChI is InChI=1S/C23H27NO4S/c1-17-7-9-18(10-8-17)29(25)21-22(11-13-23(14-12-22)27-15-16-28-23)24(21)19-5-3-4-6-20(19)26-2/h3-10,21H,11-16H2,1-2H3. The largest absolute Gasteiger partial charge is 0.495 e. The van der Waals surface area contributed by atoms with E-state index in [-0.39, 0.29) is 10.9 Å². The molecule has 2 unspecified atom stereocenters. The van der Waals surface area contributed by atoms with Gasteiger partial charge in [-0.3, -0.25) is 4.21 Å². The van der Waals surface area contributed by atoms with E-state index in [9.17, 15) is 4.21 Å². The van der Waals surface area contributed by atoms with Gasteiger partial charge in [0.25, 0.3) is 0 Å². The molecule has 0 aromatic heterocycles. The van der Waals surface area contributed by atoms with Gasteiger partial charge in [-0.1, -0.05) is 29.8 Å². The number of benzene rings is 2. The Morgan fingerprint density at radius 3 is 2.31 bits per heavy atom. The molecule has 0 N–H and O–H groups in total. The van der Waals surface area contributed by atoms with Crippen LogP contribution in [0.3, 0.4) is 0 Å². The average Bonchev–Trinajstić information content (AvgIpc) is 3.15. The Kier molecular flexibility index (Phi) is 4.68. The predicted molar refractivity (Wildman–Crippen MR) is 113 cm³/mol. The number of aryl methyl sites for hydroxylation is 1. The molecule has 2 atom stereocenters. The quantitative estimate of drug-likeness (QED) is 0.709. The van der Waals surface area contributed by atoms with Gasteiger partial charge in [0, 0.05) is 17.7 Å². The first-order chi connectivity index (χ1) is 14.1. The lowest BCUT2D eigenvalue weighted by atomic mass is 9.84. The molecule has 2 aromatic rings. The van der Waals surface area contributed by atoms with E-state index in [1.807, 2.05) is 42.5 Å². The molecule has 0 radical (unpaired) electrons. The minimum absolute atomic E-state index is 0.0692. The second kappa shape index (κ2) is 7.11. The van der Waals surface area contributed by atoms with Crippen molar-refractivity contribution >= 4 is 16.5 Å². The first kappa shape index (κ1) is 19.1. The lowest BCUT2D eigenvalue weighted by Gasteiger charge is -2.36. The van der Waals surface area contributed by atoms with Crippen LogP contribution in [0.15, 0.2) is 53.4 Å². The summed E-state index contributed by atoms with van der Waals surface area (Å²) in [6.07, 6.45) is 3.46. The number of methoxy groups -OCH3 is 1. The Balaban J connectivity index is 1.49. The van der Waals surface area contributed by atoms with Gasteiger partial charge in [0.2, 0.25) is 0 Å². The van der Waals surface area contributed by atoms with Gasteiger partial charge in [-0.15, -0.1) is 0 Å². The summed E-state index contributed by atoms with van der Waals surface area (Å²) in [6.45, 7) is 3.39.